The molecular formula is C18H31N. The Hall–Kier alpha value is -0.720. The van der Waals surface area contributed by atoms with Gasteiger partial charge in [-0.1, -0.05) is 32.1 Å². The molecule has 2 aliphatic rings. The van der Waals surface area contributed by atoms with Gasteiger partial charge < -0.3 is 4.90 Å². The molecule has 2 aliphatic carbocycles. The lowest BCUT2D eigenvalue weighted by Gasteiger charge is -2.30. The Balaban J connectivity index is 1.90. The molecule has 0 heterocycles. The van der Waals surface area contributed by atoms with Gasteiger partial charge in [-0.25, -0.2) is 0 Å². The van der Waals surface area contributed by atoms with Crippen LogP contribution >= 0.6 is 0 Å². The van der Waals surface area contributed by atoms with E-state index in [-0.39, 0.29) is 0 Å². The summed E-state index contributed by atoms with van der Waals surface area (Å²) in [7, 11) is 0. The fourth-order valence-electron chi connectivity index (χ4n) is 3.78. The lowest BCUT2D eigenvalue weighted by molar-refractivity contribution is 0.244. The predicted octanol–water partition coefficient (Wildman–Crippen LogP) is 5.00. The van der Waals surface area contributed by atoms with Gasteiger partial charge in [0.1, 0.15) is 0 Å². The number of hydrogen-bond donors (Lipinski definition) is 0. The van der Waals surface area contributed by atoms with Gasteiger partial charge in [-0.15, -0.1) is 0 Å². The molecule has 1 heteroatoms. The number of allylic oxidation sites excluding steroid dienone is 3. The van der Waals surface area contributed by atoms with E-state index in [1.165, 1.54) is 50.9 Å². The standard InChI is InChI=1S/C18H31N/c1-6-11-19(14(2)3)13-17-12-18(17,5)16-9-7-15(4)8-10-16/h7,16-17H,2,6,8-13H2,1,3-5H3. The van der Waals surface area contributed by atoms with Gasteiger partial charge in [-0.2, -0.15) is 0 Å². The van der Waals surface area contributed by atoms with E-state index in [0.29, 0.717) is 5.41 Å². The van der Waals surface area contributed by atoms with Gasteiger partial charge in [0.05, 0.1) is 0 Å². The first kappa shape index (κ1) is 14.7. The van der Waals surface area contributed by atoms with Crippen LogP contribution in [0.25, 0.3) is 0 Å². The third-order valence-corrected chi connectivity index (χ3v) is 5.50. The largest absolute Gasteiger partial charge is 0.375 e. The summed E-state index contributed by atoms with van der Waals surface area (Å²) in [5.41, 5.74) is 3.46. The first-order chi connectivity index (χ1) is 8.97. The lowest BCUT2D eigenvalue weighted by Crippen LogP contribution is -2.27. The number of hydrogen-bond acceptors (Lipinski definition) is 1. The summed E-state index contributed by atoms with van der Waals surface area (Å²) in [4.78, 5) is 2.50. The van der Waals surface area contributed by atoms with Crippen molar-refractivity contribution in [2.75, 3.05) is 13.1 Å². The van der Waals surface area contributed by atoms with Gasteiger partial charge in [0, 0.05) is 18.8 Å². The van der Waals surface area contributed by atoms with Crippen molar-refractivity contribution in [1.29, 1.82) is 0 Å². The fraction of sp³-hybridized carbons (Fsp3) is 0.778. The van der Waals surface area contributed by atoms with E-state index in [2.05, 4.69) is 45.2 Å². The molecule has 0 aliphatic heterocycles. The average Bonchev–Trinajstić information content (AvgIpc) is 3.01. The summed E-state index contributed by atoms with van der Waals surface area (Å²) in [5, 5.41) is 0. The highest BCUT2D eigenvalue weighted by atomic mass is 15.1. The molecule has 0 spiro atoms. The number of rotatable bonds is 6. The molecule has 0 bridgehead atoms. The Morgan fingerprint density at radius 3 is 2.79 bits per heavy atom. The van der Waals surface area contributed by atoms with Gasteiger partial charge in [0.2, 0.25) is 0 Å². The van der Waals surface area contributed by atoms with Crippen LogP contribution in [0, 0.1) is 17.3 Å². The SMILES string of the molecule is C=C(C)N(CCC)CC1CC1(C)C1CC=C(C)CC1. The molecule has 0 saturated heterocycles. The Morgan fingerprint density at radius 1 is 1.53 bits per heavy atom. The minimum atomic E-state index is 0.610. The van der Waals surface area contributed by atoms with Crippen LogP contribution in [0.1, 0.15) is 59.8 Å². The zero-order valence-electron chi connectivity index (χ0n) is 13.3. The maximum absolute atomic E-state index is 4.14. The molecule has 3 atom stereocenters. The van der Waals surface area contributed by atoms with E-state index >= 15 is 0 Å². The van der Waals surface area contributed by atoms with E-state index in [1.54, 1.807) is 5.57 Å². The maximum Gasteiger partial charge on any atom is 0.0208 e. The van der Waals surface area contributed by atoms with Crippen molar-refractivity contribution in [3.63, 3.8) is 0 Å². The molecule has 0 amide bonds. The third-order valence-electron chi connectivity index (χ3n) is 5.50. The van der Waals surface area contributed by atoms with Gasteiger partial charge in [-0.3, -0.25) is 0 Å². The van der Waals surface area contributed by atoms with Crippen LogP contribution in [0.4, 0.5) is 0 Å². The quantitative estimate of drug-likeness (QED) is 0.608. The zero-order chi connectivity index (χ0) is 14.0. The molecule has 1 saturated carbocycles. The van der Waals surface area contributed by atoms with E-state index in [1.807, 2.05) is 0 Å². The molecule has 0 radical (unpaired) electrons. The van der Waals surface area contributed by atoms with Crippen LogP contribution in [0.5, 0.6) is 0 Å². The molecule has 1 nitrogen and oxygen atoms in total. The monoisotopic (exact) mass is 261 g/mol. The molecule has 1 fully saturated rings. The molecule has 2 rings (SSSR count). The van der Waals surface area contributed by atoms with Crippen LogP contribution in [-0.2, 0) is 0 Å². The first-order valence-electron chi connectivity index (χ1n) is 8.03. The summed E-state index contributed by atoms with van der Waals surface area (Å²) < 4.78 is 0. The van der Waals surface area contributed by atoms with Crippen LogP contribution in [0.15, 0.2) is 23.9 Å². The topological polar surface area (TPSA) is 3.24 Å². The smallest absolute Gasteiger partial charge is 0.0208 e. The average molecular weight is 261 g/mol. The summed E-state index contributed by atoms with van der Waals surface area (Å²) in [6, 6.07) is 0. The molecule has 0 N–H and O–H groups in total. The zero-order valence-corrected chi connectivity index (χ0v) is 13.3. The third kappa shape index (κ3) is 3.24. The Kier molecular flexibility index (Phi) is 4.43. The Bertz CT molecular complexity index is 368. The Labute approximate surface area is 119 Å². The highest BCUT2D eigenvalue weighted by Gasteiger charge is 2.54. The van der Waals surface area contributed by atoms with Crippen LogP contribution in [-0.4, -0.2) is 18.0 Å². The van der Waals surface area contributed by atoms with E-state index in [0.717, 1.165) is 11.8 Å². The van der Waals surface area contributed by atoms with E-state index < -0.39 is 0 Å². The molecule has 0 aromatic rings. The summed E-state index contributed by atoms with van der Waals surface area (Å²) in [6.45, 7) is 15.8. The molecular weight excluding hydrogens is 230 g/mol. The van der Waals surface area contributed by atoms with Crippen molar-refractivity contribution >= 4 is 0 Å². The maximum atomic E-state index is 4.14. The molecule has 3 unspecified atom stereocenters. The summed E-state index contributed by atoms with van der Waals surface area (Å²) >= 11 is 0. The Morgan fingerprint density at radius 2 is 2.26 bits per heavy atom. The van der Waals surface area contributed by atoms with Gasteiger partial charge in [-0.05, 0) is 63.2 Å². The first-order valence-corrected chi connectivity index (χ1v) is 8.03. The second-order valence-electron chi connectivity index (χ2n) is 7.11. The van der Waals surface area contributed by atoms with Crippen LogP contribution < -0.4 is 0 Å². The van der Waals surface area contributed by atoms with Crippen molar-refractivity contribution in [2.45, 2.75) is 59.8 Å². The second-order valence-corrected chi connectivity index (χ2v) is 7.11. The van der Waals surface area contributed by atoms with Crippen molar-refractivity contribution in [3.8, 4) is 0 Å². The predicted molar refractivity (Wildman–Crippen MR) is 84.0 cm³/mol. The van der Waals surface area contributed by atoms with Gasteiger partial charge in [0.25, 0.3) is 0 Å². The highest BCUT2D eigenvalue weighted by Crippen LogP contribution is 2.60. The molecule has 0 aromatic heterocycles. The molecule has 108 valence electrons. The van der Waals surface area contributed by atoms with Gasteiger partial charge >= 0.3 is 0 Å². The molecule has 0 aromatic carbocycles. The van der Waals surface area contributed by atoms with Crippen molar-refractivity contribution < 1.29 is 0 Å². The van der Waals surface area contributed by atoms with Crippen LogP contribution in [0.2, 0.25) is 0 Å². The highest BCUT2D eigenvalue weighted by molar-refractivity contribution is 5.12. The summed E-state index contributed by atoms with van der Waals surface area (Å²) in [5.74, 6) is 1.82. The van der Waals surface area contributed by atoms with Crippen LogP contribution in [0.3, 0.4) is 0 Å². The molecule has 19 heavy (non-hydrogen) atoms. The second kappa shape index (κ2) is 5.73. The van der Waals surface area contributed by atoms with Gasteiger partial charge in [0.15, 0.2) is 0 Å². The van der Waals surface area contributed by atoms with E-state index in [9.17, 15) is 0 Å². The minimum Gasteiger partial charge on any atom is -0.375 e. The number of nitrogens with zero attached hydrogens (tertiary/aromatic N) is 1. The lowest BCUT2D eigenvalue weighted by atomic mass is 9.78. The van der Waals surface area contributed by atoms with Crippen molar-refractivity contribution in [1.82, 2.24) is 4.90 Å². The van der Waals surface area contributed by atoms with Crippen molar-refractivity contribution in [3.05, 3.63) is 23.9 Å². The normalized spacial score (nSPS) is 33.8. The van der Waals surface area contributed by atoms with Crippen molar-refractivity contribution in [2.24, 2.45) is 17.3 Å². The summed E-state index contributed by atoms with van der Waals surface area (Å²) in [6.07, 6.45) is 9.19. The minimum absolute atomic E-state index is 0.610. The fourth-order valence-corrected chi connectivity index (χ4v) is 3.78. The van der Waals surface area contributed by atoms with E-state index in [4.69, 9.17) is 0 Å².